The number of carbonyl (C=O) groups is 1. The summed E-state index contributed by atoms with van der Waals surface area (Å²) in [6.45, 7) is 4.04. The van der Waals surface area contributed by atoms with Crippen molar-refractivity contribution in [2.45, 2.75) is 263 Å². The Morgan fingerprint density at radius 3 is 1.11 bits per heavy atom. The first kappa shape index (κ1) is 55.3. The van der Waals surface area contributed by atoms with Gasteiger partial charge in [-0.1, -0.05) is 197 Å². The number of nitrogens with one attached hydrogen (secondary N) is 1. The van der Waals surface area contributed by atoms with Gasteiger partial charge >= 0.3 is 0 Å². The molecule has 5 N–H and O–H groups in total. The van der Waals surface area contributed by atoms with Crippen LogP contribution in [0.15, 0.2) is 48.6 Å². The Morgan fingerprint density at radius 2 is 0.737 bits per heavy atom. The fraction of sp³-hybridized carbons (Fsp3) is 0.824. The molecule has 0 bridgehead atoms. The summed E-state index contributed by atoms with van der Waals surface area (Å²) < 4.78 is 0. The molecule has 0 heterocycles. The van der Waals surface area contributed by atoms with Crippen LogP contribution in [0.1, 0.15) is 239 Å². The predicted octanol–water partition coefficient (Wildman–Crippen LogP) is 13.5. The van der Waals surface area contributed by atoms with Crippen LogP contribution in [0.5, 0.6) is 0 Å². The average Bonchev–Trinajstić information content (AvgIpc) is 3.22. The first-order chi connectivity index (χ1) is 28.0. The Hall–Kier alpha value is -1.73. The molecule has 4 atom stereocenters. The number of aliphatic hydroxyl groups excluding tert-OH is 4. The summed E-state index contributed by atoms with van der Waals surface area (Å²) in [5.74, 6) is -0.604. The summed E-state index contributed by atoms with van der Waals surface area (Å²) >= 11 is 0. The van der Waals surface area contributed by atoms with E-state index in [1.807, 2.05) is 0 Å². The number of allylic oxidation sites excluding steroid dienone is 8. The second-order valence-corrected chi connectivity index (χ2v) is 16.8. The first-order valence-corrected chi connectivity index (χ1v) is 24.5. The van der Waals surface area contributed by atoms with Crippen molar-refractivity contribution >= 4 is 5.91 Å². The number of hydrogen-bond donors (Lipinski definition) is 5. The van der Waals surface area contributed by atoms with Crippen LogP contribution in [0.25, 0.3) is 0 Å². The summed E-state index contributed by atoms with van der Waals surface area (Å²) in [6, 6.07) is -1.01. The van der Waals surface area contributed by atoms with Crippen molar-refractivity contribution in [3.05, 3.63) is 48.6 Å². The Kier molecular flexibility index (Phi) is 44.0. The van der Waals surface area contributed by atoms with Crippen LogP contribution in [-0.2, 0) is 4.79 Å². The number of carbonyl (C=O) groups excluding carboxylic acids is 1. The van der Waals surface area contributed by atoms with Gasteiger partial charge in [-0.2, -0.15) is 0 Å². The fourth-order valence-corrected chi connectivity index (χ4v) is 7.31. The maximum atomic E-state index is 12.5. The van der Waals surface area contributed by atoms with Crippen molar-refractivity contribution in [2.75, 3.05) is 6.61 Å². The Labute approximate surface area is 353 Å². The highest BCUT2D eigenvalue weighted by Crippen LogP contribution is 2.15. The number of aliphatic hydroxyl groups is 4. The molecule has 0 saturated heterocycles. The zero-order valence-corrected chi connectivity index (χ0v) is 37.6. The molecule has 57 heavy (non-hydrogen) atoms. The van der Waals surface area contributed by atoms with Crippen molar-refractivity contribution in [1.29, 1.82) is 0 Å². The molecule has 0 radical (unpaired) electrons. The molecule has 0 aromatic heterocycles. The van der Waals surface area contributed by atoms with Gasteiger partial charge in [0.15, 0.2) is 0 Å². The summed E-state index contributed by atoms with van der Waals surface area (Å²) in [5.41, 5.74) is 0. The summed E-state index contributed by atoms with van der Waals surface area (Å²) in [6.07, 6.45) is 55.8. The van der Waals surface area contributed by atoms with E-state index in [-0.39, 0.29) is 0 Å². The minimum atomic E-state index is -1.30. The number of amides is 1. The van der Waals surface area contributed by atoms with Crippen molar-refractivity contribution in [2.24, 2.45) is 0 Å². The van der Waals surface area contributed by atoms with Crippen molar-refractivity contribution < 1.29 is 25.2 Å². The molecular weight excluding hydrogens is 707 g/mol. The second kappa shape index (κ2) is 45.4. The van der Waals surface area contributed by atoms with Crippen molar-refractivity contribution in [3.8, 4) is 0 Å². The van der Waals surface area contributed by atoms with Crippen LogP contribution in [0.4, 0.5) is 0 Å². The molecule has 0 fully saturated rings. The quantitative estimate of drug-likeness (QED) is 0.0311. The molecule has 0 rings (SSSR count). The number of unbranched alkanes of at least 4 members (excludes halogenated alkanes) is 27. The van der Waals surface area contributed by atoms with E-state index in [4.69, 9.17) is 0 Å². The molecule has 1 amide bonds. The molecule has 0 aromatic rings. The van der Waals surface area contributed by atoms with E-state index in [9.17, 15) is 25.2 Å². The Morgan fingerprint density at radius 1 is 0.421 bits per heavy atom. The van der Waals surface area contributed by atoms with Gasteiger partial charge in [0.05, 0.1) is 18.8 Å². The van der Waals surface area contributed by atoms with E-state index in [0.717, 1.165) is 64.2 Å². The molecule has 0 aromatic carbocycles. The monoisotopic (exact) mass is 802 g/mol. The van der Waals surface area contributed by atoms with E-state index in [0.29, 0.717) is 19.3 Å². The van der Waals surface area contributed by atoms with Gasteiger partial charge in [-0.05, 0) is 89.9 Å². The molecule has 0 aliphatic rings. The lowest BCUT2D eigenvalue weighted by Crippen LogP contribution is -2.53. The zero-order valence-electron chi connectivity index (χ0n) is 37.6. The SMILES string of the molecule is CCCCCCCCCC/C=C/CC/C=C/CC/C=C/CCCC(O)C(O)C(CO)NC(=O)C(O)CCCCCCCC/C=C\CCCCCCCCCCCC. The minimum Gasteiger partial charge on any atom is -0.394 e. The Bertz CT molecular complexity index is 946. The molecule has 4 unspecified atom stereocenters. The number of rotatable bonds is 44. The molecule has 6 nitrogen and oxygen atoms in total. The maximum absolute atomic E-state index is 12.5. The maximum Gasteiger partial charge on any atom is 0.249 e. The fourth-order valence-electron chi connectivity index (χ4n) is 7.31. The van der Waals surface area contributed by atoms with Gasteiger partial charge in [-0.3, -0.25) is 4.79 Å². The third kappa shape index (κ3) is 39.5. The largest absolute Gasteiger partial charge is 0.394 e. The topological polar surface area (TPSA) is 110 Å². The highest BCUT2D eigenvalue weighted by atomic mass is 16.3. The van der Waals surface area contributed by atoms with Crippen LogP contribution < -0.4 is 5.32 Å². The third-order valence-electron chi connectivity index (χ3n) is 11.2. The highest BCUT2D eigenvalue weighted by molar-refractivity contribution is 5.80. The number of hydrogen-bond acceptors (Lipinski definition) is 5. The van der Waals surface area contributed by atoms with Crippen molar-refractivity contribution in [3.63, 3.8) is 0 Å². The predicted molar refractivity (Wildman–Crippen MR) is 247 cm³/mol. The van der Waals surface area contributed by atoms with Gasteiger partial charge in [-0.25, -0.2) is 0 Å². The second-order valence-electron chi connectivity index (χ2n) is 16.8. The Balaban J connectivity index is 3.80. The van der Waals surface area contributed by atoms with E-state index in [2.05, 4.69) is 67.8 Å². The molecule has 334 valence electrons. The lowest BCUT2D eigenvalue weighted by Gasteiger charge is -2.27. The van der Waals surface area contributed by atoms with Crippen LogP contribution in [0, 0.1) is 0 Å². The van der Waals surface area contributed by atoms with Crippen LogP contribution in [0.2, 0.25) is 0 Å². The van der Waals surface area contributed by atoms with Gasteiger partial charge < -0.3 is 25.7 Å². The van der Waals surface area contributed by atoms with Gasteiger partial charge in [0.1, 0.15) is 12.2 Å². The zero-order chi connectivity index (χ0) is 41.7. The highest BCUT2D eigenvalue weighted by Gasteiger charge is 2.28. The molecule has 0 saturated carbocycles. The third-order valence-corrected chi connectivity index (χ3v) is 11.2. The van der Waals surface area contributed by atoms with E-state index < -0.39 is 36.9 Å². The smallest absolute Gasteiger partial charge is 0.249 e. The van der Waals surface area contributed by atoms with Gasteiger partial charge in [-0.15, -0.1) is 0 Å². The van der Waals surface area contributed by atoms with E-state index >= 15 is 0 Å². The van der Waals surface area contributed by atoms with Gasteiger partial charge in [0.25, 0.3) is 0 Å². The van der Waals surface area contributed by atoms with Crippen molar-refractivity contribution in [1.82, 2.24) is 5.32 Å². The average molecular weight is 802 g/mol. The lowest BCUT2D eigenvalue weighted by molar-refractivity contribution is -0.132. The minimum absolute atomic E-state index is 0.350. The molecule has 0 spiro atoms. The summed E-state index contributed by atoms with van der Waals surface area (Å²) in [7, 11) is 0. The molecular formula is C51H95NO5. The standard InChI is InChI=1S/C51H95NO5/c1-3-5-7-9-11-13-15-17-19-21-23-25-27-28-30-32-34-36-38-40-42-44-48(54)50(56)47(46-53)52-51(57)49(55)45-43-41-39-37-35-33-31-29-26-24-22-20-18-16-14-12-10-8-6-4-2/h21,23,26,28-30,36,38,47-50,53-56H,3-20,22,24-25,27,31-35,37,39-46H2,1-2H3,(H,52,57)/b23-21+,29-26-,30-28+,38-36+. The molecule has 0 aliphatic carbocycles. The normalized spacial score (nSPS) is 14.4. The molecule has 0 aliphatic heterocycles. The van der Waals surface area contributed by atoms with Crippen LogP contribution in [-0.4, -0.2) is 57.3 Å². The van der Waals surface area contributed by atoms with Crippen LogP contribution in [0.3, 0.4) is 0 Å². The van der Waals surface area contributed by atoms with Crippen LogP contribution >= 0.6 is 0 Å². The van der Waals surface area contributed by atoms with E-state index in [1.165, 1.54) is 141 Å². The lowest BCUT2D eigenvalue weighted by atomic mass is 10.00. The summed E-state index contributed by atoms with van der Waals surface area (Å²) in [4.78, 5) is 12.5. The molecule has 6 heteroatoms. The first-order valence-electron chi connectivity index (χ1n) is 24.5. The van der Waals surface area contributed by atoms with E-state index in [1.54, 1.807) is 0 Å². The summed E-state index contributed by atoms with van der Waals surface area (Å²) in [5, 5.41) is 43.8. The van der Waals surface area contributed by atoms with Gasteiger partial charge in [0, 0.05) is 0 Å². The van der Waals surface area contributed by atoms with Gasteiger partial charge in [0.2, 0.25) is 5.91 Å².